The zero-order valence-corrected chi connectivity index (χ0v) is 37.7. The lowest BCUT2D eigenvalue weighted by atomic mass is 9.98. The Morgan fingerprint density at radius 1 is 0.459 bits per heavy atom. The van der Waals surface area contributed by atoms with Crippen LogP contribution < -0.4 is 0 Å². The highest BCUT2D eigenvalue weighted by molar-refractivity contribution is 5.70. The molecule has 0 amide bonds. The molecule has 7 N–H and O–H groups in total. The highest BCUT2D eigenvalue weighted by atomic mass is 16.7. The molecule has 61 heavy (non-hydrogen) atoms. The molecule has 2 rings (SSSR count). The Balaban J connectivity index is 1.78. The minimum absolute atomic E-state index is 0.173. The summed E-state index contributed by atoms with van der Waals surface area (Å²) in [6, 6.07) is 0. The van der Waals surface area contributed by atoms with Crippen LogP contribution in [0.2, 0.25) is 0 Å². The first-order valence-electron chi connectivity index (χ1n) is 24.1. The molecule has 4 unspecified atom stereocenters. The summed E-state index contributed by atoms with van der Waals surface area (Å²) in [5, 5.41) is 71.8. The topological polar surface area (TPSA) is 231 Å². The van der Waals surface area contributed by atoms with Gasteiger partial charge in [-0.05, 0) is 12.8 Å². The summed E-state index contributed by atoms with van der Waals surface area (Å²) < 4.78 is 33.4. The zero-order valence-electron chi connectivity index (χ0n) is 37.7. The van der Waals surface area contributed by atoms with Crippen molar-refractivity contribution in [3.63, 3.8) is 0 Å². The van der Waals surface area contributed by atoms with Gasteiger partial charge >= 0.3 is 11.9 Å². The molecule has 15 heteroatoms. The number of ether oxygens (including phenoxy) is 6. The minimum atomic E-state index is -1.76. The molecule has 0 aromatic rings. The molecule has 0 saturated carbocycles. The average molecular weight is 879 g/mol. The van der Waals surface area contributed by atoms with Gasteiger partial charge in [0.15, 0.2) is 18.7 Å². The quantitative estimate of drug-likeness (QED) is 0.0295. The predicted octanol–water partition coefficient (Wildman–Crippen LogP) is 5.65. The number of unbranched alkanes of at least 4 members (excludes halogenated alkanes) is 23. The monoisotopic (exact) mass is 879 g/mol. The van der Waals surface area contributed by atoms with Crippen LogP contribution in [0.4, 0.5) is 0 Å². The third-order valence-corrected chi connectivity index (χ3v) is 11.8. The molecule has 0 radical (unpaired) electrons. The highest BCUT2D eigenvalue weighted by Crippen LogP contribution is 2.26. The molecule has 0 aromatic carbocycles. The van der Waals surface area contributed by atoms with Crippen LogP contribution in [0.25, 0.3) is 0 Å². The Bertz CT molecular complexity index is 1080. The summed E-state index contributed by atoms with van der Waals surface area (Å²) >= 11 is 0. The Labute approximate surface area is 366 Å². The number of hydrogen-bond acceptors (Lipinski definition) is 15. The van der Waals surface area contributed by atoms with Gasteiger partial charge in [-0.25, -0.2) is 0 Å². The van der Waals surface area contributed by atoms with Gasteiger partial charge < -0.3 is 64.2 Å². The fourth-order valence-corrected chi connectivity index (χ4v) is 7.81. The van der Waals surface area contributed by atoms with Crippen LogP contribution in [-0.4, -0.2) is 142 Å². The molecular weight excluding hydrogens is 792 g/mol. The fourth-order valence-electron chi connectivity index (χ4n) is 7.81. The van der Waals surface area contributed by atoms with E-state index in [4.69, 9.17) is 28.4 Å². The van der Waals surface area contributed by atoms with Crippen LogP contribution >= 0.6 is 0 Å². The van der Waals surface area contributed by atoms with E-state index >= 15 is 0 Å². The number of carbonyl (C=O) groups is 2. The van der Waals surface area contributed by atoms with E-state index in [0.717, 1.165) is 44.9 Å². The van der Waals surface area contributed by atoms with E-state index < -0.39 is 92.7 Å². The van der Waals surface area contributed by atoms with Gasteiger partial charge in [0.05, 0.1) is 19.8 Å². The zero-order chi connectivity index (χ0) is 44.7. The molecule has 11 atom stereocenters. The second-order valence-electron chi connectivity index (χ2n) is 17.3. The maximum absolute atomic E-state index is 12.9. The van der Waals surface area contributed by atoms with E-state index in [0.29, 0.717) is 12.8 Å². The highest BCUT2D eigenvalue weighted by Gasteiger charge is 2.47. The van der Waals surface area contributed by atoms with Crippen LogP contribution in [0.15, 0.2) is 0 Å². The van der Waals surface area contributed by atoms with Gasteiger partial charge in [-0.2, -0.15) is 0 Å². The minimum Gasteiger partial charge on any atom is -0.462 e. The molecule has 2 aliphatic heterocycles. The SMILES string of the molecule is CCCCCCCCCCCCCCCCCCCCC(=O)O[C@H](COC(=O)CCCCCCCCC)CO[C@H]1O[C@@H](CO[C@H]2O[C@@H](CO)[C@@H](O)C(O)C2O)[C@@H](O)C(O)C1O. The number of esters is 2. The van der Waals surface area contributed by atoms with Gasteiger partial charge in [0.25, 0.3) is 0 Å². The van der Waals surface area contributed by atoms with E-state index in [1.807, 2.05) is 0 Å². The molecule has 0 spiro atoms. The van der Waals surface area contributed by atoms with E-state index in [-0.39, 0.29) is 26.1 Å². The summed E-state index contributed by atoms with van der Waals surface area (Å²) in [6.07, 6.45) is 13.1. The molecule has 2 heterocycles. The van der Waals surface area contributed by atoms with Crippen LogP contribution in [-0.2, 0) is 38.0 Å². The number of aliphatic hydroxyl groups is 7. The molecule has 15 nitrogen and oxygen atoms in total. The summed E-state index contributed by atoms with van der Waals surface area (Å²) in [4.78, 5) is 25.5. The molecule has 0 aliphatic carbocycles. The van der Waals surface area contributed by atoms with E-state index in [2.05, 4.69) is 13.8 Å². The fraction of sp³-hybridized carbons (Fsp3) is 0.957. The van der Waals surface area contributed by atoms with Crippen molar-refractivity contribution in [1.29, 1.82) is 0 Å². The third-order valence-electron chi connectivity index (χ3n) is 11.8. The van der Waals surface area contributed by atoms with E-state index in [1.54, 1.807) is 0 Å². The number of hydrogen-bond donors (Lipinski definition) is 7. The lowest BCUT2D eigenvalue weighted by molar-refractivity contribution is -0.332. The molecule has 2 fully saturated rings. The maximum Gasteiger partial charge on any atom is 0.306 e. The molecular formula is C46H86O15. The normalized spacial score (nSPS) is 27.2. The lowest BCUT2D eigenvalue weighted by Crippen LogP contribution is -2.61. The summed E-state index contributed by atoms with van der Waals surface area (Å²) in [5.41, 5.74) is 0. The summed E-state index contributed by atoms with van der Waals surface area (Å²) in [5.74, 6) is -0.921. The second-order valence-corrected chi connectivity index (χ2v) is 17.3. The van der Waals surface area contributed by atoms with Crippen molar-refractivity contribution in [1.82, 2.24) is 0 Å². The Morgan fingerprint density at radius 3 is 1.28 bits per heavy atom. The van der Waals surface area contributed by atoms with Crippen molar-refractivity contribution in [3.05, 3.63) is 0 Å². The Kier molecular flexibility index (Phi) is 31.8. The van der Waals surface area contributed by atoms with Gasteiger partial charge in [-0.3, -0.25) is 9.59 Å². The standard InChI is InChI=1S/C46H86O15/c1-3-5-7-9-11-12-13-14-15-16-17-18-19-20-21-23-25-27-29-38(49)59-34(31-56-37(48)28-26-24-22-10-8-6-4-2)32-57-45-44(55)42(53)40(51)36(61-45)33-58-46-43(54)41(52)39(50)35(30-47)60-46/h34-36,39-47,50-55H,3-33H2,1-2H3/t34-,35+,36+,39-,40-,41?,42?,43?,44?,45+,46+/m1/s1. The van der Waals surface area contributed by atoms with Crippen LogP contribution in [0.5, 0.6) is 0 Å². The van der Waals surface area contributed by atoms with Crippen molar-refractivity contribution < 1.29 is 73.8 Å². The van der Waals surface area contributed by atoms with E-state index in [1.165, 1.54) is 103 Å². The summed E-state index contributed by atoms with van der Waals surface area (Å²) in [7, 11) is 0. The van der Waals surface area contributed by atoms with Gasteiger partial charge in [0.2, 0.25) is 0 Å². The summed E-state index contributed by atoms with van der Waals surface area (Å²) in [6.45, 7) is 2.55. The molecule has 360 valence electrons. The lowest BCUT2D eigenvalue weighted by Gasteiger charge is -2.42. The number of aliphatic hydroxyl groups excluding tert-OH is 7. The first-order chi connectivity index (χ1) is 29.5. The van der Waals surface area contributed by atoms with Crippen LogP contribution in [0.3, 0.4) is 0 Å². The van der Waals surface area contributed by atoms with Crippen molar-refractivity contribution in [3.8, 4) is 0 Å². The van der Waals surface area contributed by atoms with Gasteiger partial charge in [-0.1, -0.05) is 162 Å². The van der Waals surface area contributed by atoms with Crippen molar-refractivity contribution in [2.24, 2.45) is 0 Å². The Morgan fingerprint density at radius 2 is 0.836 bits per heavy atom. The predicted molar refractivity (Wildman–Crippen MR) is 229 cm³/mol. The third kappa shape index (κ3) is 23.8. The van der Waals surface area contributed by atoms with Crippen LogP contribution in [0.1, 0.15) is 187 Å². The number of carbonyl (C=O) groups excluding carboxylic acids is 2. The van der Waals surface area contributed by atoms with Crippen molar-refractivity contribution >= 4 is 11.9 Å². The average Bonchev–Trinajstić information content (AvgIpc) is 3.25. The molecule has 2 aliphatic rings. The molecule has 2 saturated heterocycles. The Hall–Kier alpha value is -1.50. The van der Waals surface area contributed by atoms with Crippen molar-refractivity contribution in [2.45, 2.75) is 255 Å². The first-order valence-corrected chi connectivity index (χ1v) is 24.1. The smallest absolute Gasteiger partial charge is 0.306 e. The van der Waals surface area contributed by atoms with Crippen LogP contribution in [0, 0.1) is 0 Å². The maximum atomic E-state index is 12.9. The molecule has 0 aromatic heterocycles. The van der Waals surface area contributed by atoms with E-state index in [9.17, 15) is 45.3 Å². The number of rotatable bonds is 37. The molecule has 0 bridgehead atoms. The van der Waals surface area contributed by atoms with Gasteiger partial charge in [0, 0.05) is 12.8 Å². The van der Waals surface area contributed by atoms with Gasteiger partial charge in [0.1, 0.15) is 55.4 Å². The van der Waals surface area contributed by atoms with Gasteiger partial charge in [-0.15, -0.1) is 0 Å². The largest absolute Gasteiger partial charge is 0.462 e. The first kappa shape index (κ1) is 55.6. The second kappa shape index (κ2) is 34.8. The van der Waals surface area contributed by atoms with Crippen molar-refractivity contribution in [2.75, 3.05) is 26.4 Å².